The van der Waals surface area contributed by atoms with E-state index < -0.39 is 0 Å². The van der Waals surface area contributed by atoms with Crippen molar-refractivity contribution in [2.75, 3.05) is 53.4 Å². The molecule has 1 unspecified atom stereocenters. The third-order valence-electron chi connectivity index (χ3n) is 4.31. The Morgan fingerprint density at radius 1 is 1.40 bits per heavy atom. The lowest BCUT2D eigenvalue weighted by molar-refractivity contribution is -0.0286. The fourth-order valence-corrected chi connectivity index (χ4v) is 3.10. The zero-order valence-electron chi connectivity index (χ0n) is 16.7. The summed E-state index contributed by atoms with van der Waals surface area (Å²) in [5.41, 5.74) is 0. The summed E-state index contributed by atoms with van der Waals surface area (Å²) in [6.07, 6.45) is 7.01. The predicted molar refractivity (Wildman–Crippen MR) is 119 cm³/mol. The van der Waals surface area contributed by atoms with E-state index >= 15 is 0 Å². The van der Waals surface area contributed by atoms with Gasteiger partial charge in [-0.2, -0.15) is 0 Å². The van der Waals surface area contributed by atoms with Crippen molar-refractivity contribution in [2.45, 2.75) is 45.6 Å². The molecular weight excluding hydrogens is 427 g/mol. The summed E-state index contributed by atoms with van der Waals surface area (Å²) in [6, 6.07) is 0. The Morgan fingerprint density at radius 3 is 2.80 bits per heavy atom. The standard InChI is InChI=1S/C19H38N4O.HI/c1-6-7-8-9-10-11-22(5)19(20-4)21-14-18-16-23(12-13-24-18)15-17(2)3;/h6,17-18H,1,7-16H2,2-5H3,(H,20,21);1H. The Labute approximate surface area is 172 Å². The van der Waals surface area contributed by atoms with E-state index in [-0.39, 0.29) is 30.1 Å². The van der Waals surface area contributed by atoms with E-state index in [2.05, 4.69) is 47.6 Å². The van der Waals surface area contributed by atoms with Crippen LogP contribution in [-0.2, 0) is 4.74 Å². The van der Waals surface area contributed by atoms with Crippen LogP contribution in [0.15, 0.2) is 17.6 Å². The molecule has 5 nitrogen and oxygen atoms in total. The largest absolute Gasteiger partial charge is 0.374 e. The lowest BCUT2D eigenvalue weighted by atomic mass is 10.2. The van der Waals surface area contributed by atoms with Gasteiger partial charge in [-0.3, -0.25) is 9.89 Å². The molecule has 1 saturated heterocycles. The van der Waals surface area contributed by atoms with Crippen molar-refractivity contribution in [2.24, 2.45) is 10.9 Å². The number of nitrogens with zero attached hydrogens (tertiary/aromatic N) is 3. The first-order valence-electron chi connectivity index (χ1n) is 9.43. The number of unbranched alkanes of at least 4 members (excludes halogenated alkanes) is 3. The molecule has 1 heterocycles. The Morgan fingerprint density at radius 2 is 2.16 bits per heavy atom. The van der Waals surface area contributed by atoms with Gasteiger partial charge in [-0.15, -0.1) is 30.6 Å². The molecule has 0 amide bonds. The zero-order valence-corrected chi connectivity index (χ0v) is 19.0. The molecule has 148 valence electrons. The van der Waals surface area contributed by atoms with E-state index in [1.807, 2.05) is 13.1 Å². The fraction of sp³-hybridized carbons (Fsp3) is 0.842. The number of allylic oxidation sites excluding steroid dienone is 1. The molecular formula is C19H39IN4O. The number of morpholine rings is 1. The number of guanidine groups is 1. The number of hydrogen-bond acceptors (Lipinski definition) is 3. The van der Waals surface area contributed by atoms with Gasteiger partial charge >= 0.3 is 0 Å². The molecule has 0 aromatic heterocycles. The van der Waals surface area contributed by atoms with Gasteiger partial charge in [0.25, 0.3) is 0 Å². The highest BCUT2D eigenvalue weighted by molar-refractivity contribution is 14.0. The third kappa shape index (κ3) is 11.1. The minimum Gasteiger partial charge on any atom is -0.374 e. The summed E-state index contributed by atoms with van der Waals surface area (Å²) >= 11 is 0. The highest BCUT2D eigenvalue weighted by Crippen LogP contribution is 2.08. The maximum absolute atomic E-state index is 5.90. The van der Waals surface area contributed by atoms with Gasteiger partial charge in [-0.05, 0) is 25.2 Å². The summed E-state index contributed by atoms with van der Waals surface area (Å²) in [5.74, 6) is 1.67. The first-order valence-corrected chi connectivity index (χ1v) is 9.43. The summed E-state index contributed by atoms with van der Waals surface area (Å²) < 4.78 is 5.90. The summed E-state index contributed by atoms with van der Waals surface area (Å²) in [6.45, 7) is 14.2. The molecule has 0 aromatic carbocycles. The van der Waals surface area contributed by atoms with Crippen molar-refractivity contribution in [3.05, 3.63) is 12.7 Å². The van der Waals surface area contributed by atoms with E-state index in [0.29, 0.717) is 5.92 Å². The Kier molecular flexibility index (Phi) is 14.6. The first-order chi connectivity index (χ1) is 11.6. The monoisotopic (exact) mass is 466 g/mol. The van der Waals surface area contributed by atoms with Crippen LogP contribution in [0.1, 0.15) is 39.5 Å². The van der Waals surface area contributed by atoms with E-state index in [9.17, 15) is 0 Å². The van der Waals surface area contributed by atoms with Crippen molar-refractivity contribution in [1.29, 1.82) is 0 Å². The molecule has 0 aromatic rings. The van der Waals surface area contributed by atoms with Crippen LogP contribution in [0.25, 0.3) is 0 Å². The van der Waals surface area contributed by atoms with Crippen LogP contribution in [0.2, 0.25) is 0 Å². The molecule has 6 heteroatoms. The van der Waals surface area contributed by atoms with Crippen LogP contribution >= 0.6 is 24.0 Å². The number of aliphatic imine (C=N–C) groups is 1. The molecule has 1 atom stereocenters. The predicted octanol–water partition coefficient (Wildman–Crippen LogP) is 3.21. The lowest BCUT2D eigenvalue weighted by Gasteiger charge is -2.34. The summed E-state index contributed by atoms with van der Waals surface area (Å²) in [4.78, 5) is 9.12. The lowest BCUT2D eigenvalue weighted by Crippen LogP contribution is -2.50. The molecule has 1 rings (SSSR count). The molecule has 1 N–H and O–H groups in total. The first kappa shape index (κ1) is 24.7. The van der Waals surface area contributed by atoms with Crippen molar-refractivity contribution in [1.82, 2.24) is 15.1 Å². The van der Waals surface area contributed by atoms with Crippen LogP contribution in [0.3, 0.4) is 0 Å². The Balaban J connectivity index is 0.00000576. The smallest absolute Gasteiger partial charge is 0.193 e. The molecule has 0 radical (unpaired) electrons. The molecule has 0 spiro atoms. The molecule has 1 aliphatic heterocycles. The summed E-state index contributed by atoms with van der Waals surface area (Å²) in [5, 5.41) is 3.47. The highest BCUT2D eigenvalue weighted by Gasteiger charge is 2.21. The summed E-state index contributed by atoms with van der Waals surface area (Å²) in [7, 11) is 3.96. The second-order valence-electron chi connectivity index (χ2n) is 7.13. The van der Waals surface area contributed by atoms with Crippen molar-refractivity contribution < 1.29 is 4.74 Å². The van der Waals surface area contributed by atoms with Crippen LogP contribution < -0.4 is 5.32 Å². The molecule has 0 bridgehead atoms. The van der Waals surface area contributed by atoms with Crippen LogP contribution in [0.4, 0.5) is 0 Å². The van der Waals surface area contributed by atoms with E-state index in [1.165, 1.54) is 19.3 Å². The van der Waals surface area contributed by atoms with Gasteiger partial charge in [0.1, 0.15) is 0 Å². The van der Waals surface area contributed by atoms with Crippen molar-refractivity contribution >= 4 is 29.9 Å². The van der Waals surface area contributed by atoms with Crippen LogP contribution in [0.5, 0.6) is 0 Å². The minimum absolute atomic E-state index is 0. The third-order valence-corrected chi connectivity index (χ3v) is 4.31. The molecule has 0 aliphatic carbocycles. The topological polar surface area (TPSA) is 40.1 Å². The quantitative estimate of drug-likeness (QED) is 0.177. The van der Waals surface area contributed by atoms with E-state index in [4.69, 9.17) is 4.74 Å². The zero-order chi connectivity index (χ0) is 17.8. The fourth-order valence-electron chi connectivity index (χ4n) is 3.10. The van der Waals surface area contributed by atoms with Gasteiger partial charge in [-0.25, -0.2) is 0 Å². The Hall–Kier alpha value is -0.340. The van der Waals surface area contributed by atoms with Gasteiger partial charge in [0, 0.05) is 46.8 Å². The normalized spacial score (nSPS) is 18.8. The maximum atomic E-state index is 5.90. The number of nitrogens with one attached hydrogen (secondary N) is 1. The minimum atomic E-state index is 0. The average molecular weight is 466 g/mol. The van der Waals surface area contributed by atoms with Gasteiger partial charge < -0.3 is 15.0 Å². The average Bonchev–Trinajstić information content (AvgIpc) is 2.55. The number of rotatable bonds is 10. The number of ether oxygens (including phenoxy) is 1. The highest BCUT2D eigenvalue weighted by atomic mass is 127. The van der Waals surface area contributed by atoms with Gasteiger partial charge in [0.15, 0.2) is 5.96 Å². The van der Waals surface area contributed by atoms with Gasteiger partial charge in [0.2, 0.25) is 0 Å². The van der Waals surface area contributed by atoms with E-state index in [1.54, 1.807) is 0 Å². The maximum Gasteiger partial charge on any atom is 0.193 e. The Bertz CT molecular complexity index is 376. The van der Waals surface area contributed by atoms with Crippen LogP contribution in [0, 0.1) is 5.92 Å². The molecule has 25 heavy (non-hydrogen) atoms. The molecule has 0 saturated carbocycles. The second kappa shape index (κ2) is 14.8. The van der Waals surface area contributed by atoms with Gasteiger partial charge in [0.05, 0.1) is 12.7 Å². The van der Waals surface area contributed by atoms with Crippen molar-refractivity contribution in [3.8, 4) is 0 Å². The van der Waals surface area contributed by atoms with Crippen molar-refractivity contribution in [3.63, 3.8) is 0 Å². The SMILES string of the molecule is C=CCCCCCN(C)C(=NC)NCC1CN(CC(C)C)CCO1.I. The number of hydrogen-bond donors (Lipinski definition) is 1. The van der Waals surface area contributed by atoms with Crippen LogP contribution in [-0.4, -0.2) is 75.3 Å². The van der Waals surface area contributed by atoms with E-state index in [0.717, 1.165) is 51.7 Å². The van der Waals surface area contributed by atoms with Gasteiger partial charge in [-0.1, -0.05) is 26.3 Å². The molecule has 1 aliphatic rings. The molecule has 1 fully saturated rings. The number of halogens is 1. The second-order valence-corrected chi connectivity index (χ2v) is 7.13.